The number of amides is 1. The molecule has 1 aliphatic heterocycles. The Morgan fingerprint density at radius 2 is 1.53 bits per heavy atom. The molecule has 4 rings (SSSR count). The Morgan fingerprint density at radius 1 is 0.912 bits per heavy atom. The minimum atomic E-state index is -4.09. The number of nitrogens with one attached hydrogen (secondary N) is 1. The van der Waals surface area contributed by atoms with Crippen LogP contribution in [0.5, 0.6) is 5.75 Å². The summed E-state index contributed by atoms with van der Waals surface area (Å²) in [6, 6.07) is 15.5. The van der Waals surface area contributed by atoms with Gasteiger partial charge < -0.3 is 14.5 Å². The summed E-state index contributed by atoms with van der Waals surface area (Å²) in [6.07, 6.45) is 0. The highest BCUT2D eigenvalue weighted by molar-refractivity contribution is 7.92. The molecular formula is C24H23F2N3O4S. The second-order valence-corrected chi connectivity index (χ2v) is 9.42. The Balaban J connectivity index is 1.41. The summed E-state index contributed by atoms with van der Waals surface area (Å²) in [5, 5.41) is 0. The number of hydrogen-bond donors (Lipinski definition) is 1. The predicted molar refractivity (Wildman–Crippen MR) is 125 cm³/mol. The molecule has 7 nitrogen and oxygen atoms in total. The molecule has 3 aromatic rings. The first kappa shape index (κ1) is 23.5. The van der Waals surface area contributed by atoms with Crippen LogP contribution in [-0.2, 0) is 10.0 Å². The second-order valence-electron chi connectivity index (χ2n) is 7.74. The van der Waals surface area contributed by atoms with Crippen molar-refractivity contribution in [2.75, 3.05) is 42.9 Å². The first-order chi connectivity index (χ1) is 16.3. The van der Waals surface area contributed by atoms with E-state index >= 15 is 0 Å². The summed E-state index contributed by atoms with van der Waals surface area (Å²) in [5.74, 6) is -1.23. The van der Waals surface area contributed by atoms with Gasteiger partial charge in [0.25, 0.3) is 15.9 Å². The van der Waals surface area contributed by atoms with E-state index in [1.54, 1.807) is 12.0 Å². The summed E-state index contributed by atoms with van der Waals surface area (Å²) in [7, 11) is -2.47. The molecule has 0 saturated carbocycles. The van der Waals surface area contributed by atoms with Crippen LogP contribution in [0.15, 0.2) is 71.6 Å². The molecule has 0 spiro atoms. The summed E-state index contributed by atoms with van der Waals surface area (Å²) >= 11 is 0. The predicted octanol–water partition coefficient (Wildman–Crippen LogP) is 3.74. The molecule has 0 aromatic heterocycles. The van der Waals surface area contributed by atoms with Crippen molar-refractivity contribution in [3.63, 3.8) is 0 Å². The van der Waals surface area contributed by atoms with E-state index in [0.29, 0.717) is 37.8 Å². The number of benzene rings is 3. The number of para-hydroxylation sites is 2. The number of rotatable bonds is 6. The molecule has 0 atom stereocenters. The molecule has 3 aromatic carbocycles. The molecule has 1 amide bonds. The number of hydrogen-bond acceptors (Lipinski definition) is 5. The van der Waals surface area contributed by atoms with Crippen molar-refractivity contribution in [2.24, 2.45) is 0 Å². The van der Waals surface area contributed by atoms with E-state index in [1.165, 1.54) is 24.3 Å². The fourth-order valence-electron chi connectivity index (χ4n) is 3.83. The quantitative estimate of drug-likeness (QED) is 0.573. The van der Waals surface area contributed by atoms with Crippen LogP contribution in [0.25, 0.3) is 0 Å². The van der Waals surface area contributed by atoms with E-state index < -0.39 is 21.7 Å². The molecule has 10 heteroatoms. The van der Waals surface area contributed by atoms with Crippen LogP contribution in [0, 0.1) is 11.6 Å². The van der Waals surface area contributed by atoms with Crippen LogP contribution in [-0.4, -0.2) is 52.5 Å². The molecule has 178 valence electrons. The average Bonchev–Trinajstić information content (AvgIpc) is 2.83. The van der Waals surface area contributed by atoms with Crippen LogP contribution in [0.2, 0.25) is 0 Å². The van der Waals surface area contributed by atoms with Gasteiger partial charge in [0.1, 0.15) is 17.4 Å². The van der Waals surface area contributed by atoms with Crippen molar-refractivity contribution in [3.05, 3.63) is 83.9 Å². The molecule has 0 bridgehead atoms. The zero-order valence-corrected chi connectivity index (χ0v) is 19.2. The fraction of sp³-hybridized carbons (Fsp3) is 0.208. The summed E-state index contributed by atoms with van der Waals surface area (Å²) in [6.45, 7) is 2.27. The lowest BCUT2D eigenvalue weighted by molar-refractivity contribution is 0.0746. The topological polar surface area (TPSA) is 79.0 Å². The van der Waals surface area contributed by atoms with Crippen molar-refractivity contribution in [1.29, 1.82) is 0 Å². The first-order valence-corrected chi connectivity index (χ1v) is 12.0. The maximum absolute atomic E-state index is 13.4. The highest BCUT2D eigenvalue weighted by Crippen LogP contribution is 2.28. The van der Waals surface area contributed by atoms with Crippen LogP contribution in [0.1, 0.15) is 10.4 Å². The standard InChI is InChI=1S/C24H23F2N3O4S/c1-33-23-5-3-2-4-22(23)28-10-12-29(13-11-28)24(30)17-6-8-21(9-7-17)34(31,32)27-20-15-18(25)14-19(26)16-20/h2-9,14-16,27H,10-13H2,1H3. The zero-order chi connectivity index (χ0) is 24.3. The van der Waals surface area contributed by atoms with Crippen molar-refractivity contribution in [3.8, 4) is 5.75 Å². The molecule has 34 heavy (non-hydrogen) atoms. The van der Waals surface area contributed by atoms with Gasteiger partial charge in [-0.15, -0.1) is 0 Å². The Hall–Kier alpha value is -3.66. The summed E-state index contributed by atoms with van der Waals surface area (Å²) < 4.78 is 59.4. The van der Waals surface area contributed by atoms with Gasteiger partial charge in [-0.1, -0.05) is 12.1 Å². The number of sulfonamides is 1. The highest BCUT2D eigenvalue weighted by Gasteiger charge is 2.24. The number of anilines is 2. The molecule has 0 radical (unpaired) electrons. The maximum Gasteiger partial charge on any atom is 0.261 e. The van der Waals surface area contributed by atoms with E-state index in [4.69, 9.17) is 4.74 Å². The smallest absolute Gasteiger partial charge is 0.261 e. The largest absolute Gasteiger partial charge is 0.495 e. The number of ether oxygens (including phenoxy) is 1. The van der Waals surface area contributed by atoms with Crippen molar-refractivity contribution < 1.29 is 26.7 Å². The molecule has 1 N–H and O–H groups in total. The Morgan fingerprint density at radius 3 is 2.15 bits per heavy atom. The molecule has 1 saturated heterocycles. The third kappa shape index (κ3) is 5.12. The number of piperazine rings is 1. The van der Waals surface area contributed by atoms with Gasteiger partial charge in [0, 0.05) is 37.8 Å². The summed E-state index contributed by atoms with van der Waals surface area (Å²) in [4.78, 5) is 16.7. The van der Waals surface area contributed by atoms with Gasteiger partial charge in [-0.3, -0.25) is 9.52 Å². The molecule has 0 aliphatic carbocycles. The van der Waals surface area contributed by atoms with Gasteiger partial charge in [-0.2, -0.15) is 0 Å². The Bertz CT molecular complexity index is 1270. The zero-order valence-electron chi connectivity index (χ0n) is 18.4. The van der Waals surface area contributed by atoms with E-state index in [9.17, 15) is 22.0 Å². The summed E-state index contributed by atoms with van der Waals surface area (Å²) in [5.41, 5.74) is 1.09. The lowest BCUT2D eigenvalue weighted by atomic mass is 10.1. The number of carbonyl (C=O) groups excluding carboxylic acids is 1. The van der Waals surface area contributed by atoms with E-state index in [-0.39, 0.29) is 16.5 Å². The van der Waals surface area contributed by atoms with Crippen LogP contribution in [0.4, 0.5) is 20.2 Å². The van der Waals surface area contributed by atoms with Gasteiger partial charge >= 0.3 is 0 Å². The lowest BCUT2D eigenvalue weighted by Crippen LogP contribution is -2.48. The minimum absolute atomic E-state index is 0.130. The van der Waals surface area contributed by atoms with E-state index in [0.717, 1.165) is 23.6 Å². The van der Waals surface area contributed by atoms with Gasteiger partial charge in [0.05, 0.1) is 23.4 Å². The normalized spacial score (nSPS) is 14.1. The van der Waals surface area contributed by atoms with Gasteiger partial charge in [-0.05, 0) is 48.5 Å². The van der Waals surface area contributed by atoms with Gasteiger partial charge in [-0.25, -0.2) is 17.2 Å². The van der Waals surface area contributed by atoms with Crippen LogP contribution >= 0.6 is 0 Å². The van der Waals surface area contributed by atoms with E-state index in [2.05, 4.69) is 9.62 Å². The fourth-order valence-corrected chi connectivity index (χ4v) is 4.87. The third-order valence-electron chi connectivity index (χ3n) is 5.52. The number of nitrogens with zero attached hydrogens (tertiary/aromatic N) is 2. The number of halogens is 2. The van der Waals surface area contributed by atoms with Crippen LogP contribution < -0.4 is 14.4 Å². The molecule has 1 aliphatic rings. The molecule has 0 unspecified atom stereocenters. The molecule has 1 heterocycles. The van der Waals surface area contributed by atoms with Gasteiger partial charge in [0.2, 0.25) is 0 Å². The maximum atomic E-state index is 13.4. The highest BCUT2D eigenvalue weighted by atomic mass is 32.2. The lowest BCUT2D eigenvalue weighted by Gasteiger charge is -2.36. The SMILES string of the molecule is COc1ccccc1N1CCN(C(=O)c2ccc(S(=O)(=O)Nc3cc(F)cc(F)c3)cc2)CC1. The van der Waals surface area contributed by atoms with Crippen molar-refractivity contribution >= 4 is 27.3 Å². The monoisotopic (exact) mass is 487 g/mol. The minimum Gasteiger partial charge on any atom is -0.495 e. The average molecular weight is 488 g/mol. The van der Waals surface area contributed by atoms with Gasteiger partial charge in [0.15, 0.2) is 0 Å². The number of carbonyl (C=O) groups is 1. The Kier molecular flexibility index (Phi) is 6.69. The third-order valence-corrected chi connectivity index (χ3v) is 6.92. The van der Waals surface area contributed by atoms with Crippen LogP contribution in [0.3, 0.4) is 0 Å². The second kappa shape index (κ2) is 9.68. The van der Waals surface area contributed by atoms with Crippen molar-refractivity contribution in [1.82, 2.24) is 4.90 Å². The molecular weight excluding hydrogens is 464 g/mol. The van der Waals surface area contributed by atoms with Crippen molar-refractivity contribution in [2.45, 2.75) is 4.90 Å². The Labute approximate surface area is 196 Å². The number of methoxy groups -OCH3 is 1. The van der Waals surface area contributed by atoms with E-state index in [1.807, 2.05) is 24.3 Å². The first-order valence-electron chi connectivity index (χ1n) is 10.5. The molecule has 1 fully saturated rings.